The van der Waals surface area contributed by atoms with Gasteiger partial charge >= 0.3 is 0 Å². The van der Waals surface area contributed by atoms with Crippen LogP contribution in [0, 0.1) is 0 Å². The number of hydrogen-bond donors (Lipinski definition) is 2. The number of nitrogens with zero attached hydrogens (tertiary/aromatic N) is 2. The number of amides is 1. The van der Waals surface area contributed by atoms with Crippen molar-refractivity contribution in [3.63, 3.8) is 0 Å². The van der Waals surface area contributed by atoms with Crippen LogP contribution in [-0.4, -0.2) is 65.4 Å². The van der Waals surface area contributed by atoms with E-state index in [1.165, 1.54) is 11.3 Å². The molecule has 1 saturated carbocycles. The van der Waals surface area contributed by atoms with Gasteiger partial charge in [0, 0.05) is 24.5 Å². The van der Waals surface area contributed by atoms with Crippen LogP contribution in [0.3, 0.4) is 0 Å². The SMILES string of the molecule is O=C(N[C@@H]1CCCC[C@@H](N2CCOCC2)[C@@H]1O)c1cscn1. The number of nitrogens with one attached hydrogen (secondary N) is 1. The lowest BCUT2D eigenvalue weighted by molar-refractivity contribution is -0.0308. The van der Waals surface area contributed by atoms with Crippen LogP contribution in [0.5, 0.6) is 0 Å². The molecular weight excluding hydrogens is 302 g/mol. The van der Waals surface area contributed by atoms with Crippen molar-refractivity contribution in [3.8, 4) is 0 Å². The van der Waals surface area contributed by atoms with Gasteiger partial charge in [-0.25, -0.2) is 4.98 Å². The summed E-state index contributed by atoms with van der Waals surface area (Å²) >= 11 is 1.40. The third kappa shape index (κ3) is 3.65. The molecule has 122 valence electrons. The Morgan fingerprint density at radius 2 is 2.14 bits per heavy atom. The van der Waals surface area contributed by atoms with E-state index in [-0.39, 0.29) is 18.0 Å². The smallest absolute Gasteiger partial charge is 0.271 e. The van der Waals surface area contributed by atoms with Gasteiger partial charge in [-0.2, -0.15) is 0 Å². The predicted molar refractivity (Wildman–Crippen MR) is 84.0 cm³/mol. The summed E-state index contributed by atoms with van der Waals surface area (Å²) in [6, 6.07) is -0.100. The van der Waals surface area contributed by atoms with Crippen LogP contribution < -0.4 is 5.32 Å². The first kappa shape index (κ1) is 15.9. The van der Waals surface area contributed by atoms with Crippen molar-refractivity contribution in [1.29, 1.82) is 0 Å². The summed E-state index contributed by atoms with van der Waals surface area (Å²) in [7, 11) is 0. The molecule has 2 aliphatic rings. The highest BCUT2D eigenvalue weighted by atomic mass is 32.1. The van der Waals surface area contributed by atoms with E-state index in [1.54, 1.807) is 10.9 Å². The molecule has 0 bridgehead atoms. The van der Waals surface area contributed by atoms with Crippen molar-refractivity contribution in [2.45, 2.75) is 43.9 Å². The van der Waals surface area contributed by atoms with Crippen LogP contribution in [0.1, 0.15) is 36.2 Å². The summed E-state index contributed by atoms with van der Waals surface area (Å²) in [5, 5.41) is 15.5. The van der Waals surface area contributed by atoms with Crippen molar-refractivity contribution < 1.29 is 14.6 Å². The maximum absolute atomic E-state index is 12.2. The lowest BCUT2D eigenvalue weighted by atomic mass is 9.99. The van der Waals surface area contributed by atoms with E-state index in [1.807, 2.05) is 0 Å². The molecular formula is C15H23N3O3S. The molecule has 7 heteroatoms. The molecule has 1 amide bonds. The molecule has 1 aliphatic carbocycles. The Kier molecular flexibility index (Phi) is 5.41. The maximum Gasteiger partial charge on any atom is 0.271 e. The third-order valence-electron chi connectivity index (χ3n) is 4.57. The molecule has 2 heterocycles. The molecule has 0 spiro atoms. The summed E-state index contributed by atoms with van der Waals surface area (Å²) in [5.74, 6) is -0.187. The maximum atomic E-state index is 12.2. The number of ether oxygens (including phenoxy) is 1. The van der Waals surface area contributed by atoms with E-state index in [2.05, 4.69) is 15.2 Å². The Labute approximate surface area is 134 Å². The number of hydrogen-bond acceptors (Lipinski definition) is 6. The highest BCUT2D eigenvalue weighted by molar-refractivity contribution is 7.07. The van der Waals surface area contributed by atoms with Crippen molar-refractivity contribution in [1.82, 2.24) is 15.2 Å². The first-order valence-electron chi connectivity index (χ1n) is 7.94. The van der Waals surface area contributed by atoms with Crippen LogP contribution in [0.4, 0.5) is 0 Å². The Bertz CT molecular complexity index is 476. The van der Waals surface area contributed by atoms with Gasteiger partial charge < -0.3 is 15.2 Å². The summed E-state index contributed by atoms with van der Waals surface area (Å²) in [6.45, 7) is 3.15. The fraction of sp³-hybridized carbons (Fsp3) is 0.733. The monoisotopic (exact) mass is 325 g/mol. The zero-order valence-electron chi connectivity index (χ0n) is 12.6. The first-order valence-corrected chi connectivity index (χ1v) is 8.89. The number of carbonyl (C=O) groups is 1. The van der Waals surface area contributed by atoms with Gasteiger partial charge in [0.15, 0.2) is 0 Å². The Morgan fingerprint density at radius 1 is 1.36 bits per heavy atom. The number of rotatable bonds is 3. The van der Waals surface area contributed by atoms with E-state index < -0.39 is 6.10 Å². The molecule has 0 unspecified atom stereocenters. The van der Waals surface area contributed by atoms with E-state index in [9.17, 15) is 9.90 Å². The van der Waals surface area contributed by atoms with E-state index >= 15 is 0 Å². The van der Waals surface area contributed by atoms with Crippen LogP contribution >= 0.6 is 11.3 Å². The van der Waals surface area contributed by atoms with Gasteiger partial charge in [-0.05, 0) is 12.8 Å². The summed E-state index contributed by atoms with van der Waals surface area (Å²) in [6.07, 6.45) is 3.37. The molecule has 2 fully saturated rings. The van der Waals surface area contributed by atoms with Crippen LogP contribution in [-0.2, 0) is 4.74 Å². The van der Waals surface area contributed by atoms with Crippen LogP contribution in [0.2, 0.25) is 0 Å². The molecule has 2 N–H and O–H groups in total. The molecule has 0 radical (unpaired) electrons. The topological polar surface area (TPSA) is 74.7 Å². The van der Waals surface area contributed by atoms with Gasteiger partial charge in [0.1, 0.15) is 5.69 Å². The number of aromatic nitrogens is 1. The molecule has 6 nitrogen and oxygen atoms in total. The minimum absolute atomic E-state index is 0.104. The molecule has 1 aromatic heterocycles. The van der Waals surface area contributed by atoms with Crippen molar-refractivity contribution in [3.05, 3.63) is 16.6 Å². The second-order valence-corrected chi connectivity index (χ2v) is 6.66. The van der Waals surface area contributed by atoms with Crippen molar-refractivity contribution >= 4 is 17.2 Å². The molecule has 3 atom stereocenters. The minimum Gasteiger partial charge on any atom is -0.389 e. The second kappa shape index (κ2) is 7.50. The molecule has 1 saturated heterocycles. The van der Waals surface area contributed by atoms with Crippen molar-refractivity contribution in [2.75, 3.05) is 26.3 Å². The lowest BCUT2D eigenvalue weighted by Crippen LogP contribution is -2.55. The number of aliphatic hydroxyl groups excluding tert-OH is 1. The summed E-state index contributed by atoms with van der Waals surface area (Å²) < 4.78 is 5.40. The quantitative estimate of drug-likeness (QED) is 0.807. The summed E-state index contributed by atoms with van der Waals surface area (Å²) in [4.78, 5) is 18.5. The van der Waals surface area contributed by atoms with E-state index in [0.29, 0.717) is 5.69 Å². The second-order valence-electron chi connectivity index (χ2n) is 5.94. The molecule has 1 aliphatic heterocycles. The zero-order chi connectivity index (χ0) is 15.4. The van der Waals surface area contributed by atoms with Gasteiger partial charge in [-0.1, -0.05) is 12.8 Å². The van der Waals surface area contributed by atoms with Gasteiger partial charge in [-0.3, -0.25) is 9.69 Å². The van der Waals surface area contributed by atoms with Gasteiger partial charge in [0.2, 0.25) is 0 Å². The van der Waals surface area contributed by atoms with Gasteiger partial charge in [0.05, 0.1) is 30.9 Å². The Morgan fingerprint density at radius 3 is 2.86 bits per heavy atom. The highest BCUT2D eigenvalue weighted by Crippen LogP contribution is 2.24. The fourth-order valence-corrected chi connectivity index (χ4v) is 3.89. The molecule has 1 aromatic rings. The van der Waals surface area contributed by atoms with Crippen molar-refractivity contribution in [2.24, 2.45) is 0 Å². The third-order valence-corrected chi connectivity index (χ3v) is 5.15. The van der Waals surface area contributed by atoms with Crippen LogP contribution in [0.15, 0.2) is 10.9 Å². The molecule has 3 rings (SSSR count). The minimum atomic E-state index is -0.539. The normalized spacial score (nSPS) is 30.7. The predicted octanol–water partition coefficient (Wildman–Crippen LogP) is 0.877. The average Bonchev–Trinajstić information content (AvgIpc) is 3.02. The van der Waals surface area contributed by atoms with Crippen LogP contribution in [0.25, 0.3) is 0 Å². The first-order chi connectivity index (χ1) is 10.8. The van der Waals surface area contributed by atoms with Gasteiger partial charge in [0.25, 0.3) is 5.91 Å². The average molecular weight is 325 g/mol. The standard InChI is InChI=1S/C15H23N3O3S/c19-14-11(17-15(20)12-9-22-10-16-12)3-1-2-4-13(14)18-5-7-21-8-6-18/h9-11,13-14,19H,1-8H2,(H,17,20)/t11-,13-,14-/m1/s1. The number of morpholine rings is 1. The fourth-order valence-electron chi connectivity index (χ4n) is 3.36. The summed E-state index contributed by atoms with van der Waals surface area (Å²) in [5.41, 5.74) is 2.08. The lowest BCUT2D eigenvalue weighted by Gasteiger charge is -2.38. The zero-order valence-corrected chi connectivity index (χ0v) is 13.4. The number of thiazole rings is 1. The van der Waals surface area contributed by atoms with Gasteiger partial charge in [-0.15, -0.1) is 11.3 Å². The van der Waals surface area contributed by atoms with E-state index in [0.717, 1.165) is 52.0 Å². The number of carbonyl (C=O) groups excluding carboxylic acids is 1. The Balaban J connectivity index is 1.66. The Hall–Kier alpha value is -1.02. The highest BCUT2D eigenvalue weighted by Gasteiger charge is 2.35. The largest absolute Gasteiger partial charge is 0.389 e. The molecule has 0 aromatic carbocycles. The molecule has 22 heavy (non-hydrogen) atoms. The van der Waals surface area contributed by atoms with E-state index in [4.69, 9.17) is 4.74 Å². The number of aliphatic hydroxyl groups is 1.